The van der Waals surface area contributed by atoms with Crippen molar-refractivity contribution >= 4 is 28.2 Å². The predicted molar refractivity (Wildman–Crippen MR) is 109 cm³/mol. The number of carbonyl (C=O) groups excluding carboxylic acids is 2. The second-order valence-electron chi connectivity index (χ2n) is 6.99. The van der Waals surface area contributed by atoms with E-state index < -0.39 is 5.91 Å². The molecule has 3 N–H and O–H groups in total. The van der Waals surface area contributed by atoms with E-state index in [9.17, 15) is 9.59 Å². The number of aryl methyl sites for hydroxylation is 1. The molecule has 1 aliphatic rings. The number of benzene rings is 1. The molecule has 3 rings (SSSR count). The minimum Gasteiger partial charge on any atom is -0.484 e. The monoisotopic (exact) mass is 386 g/mol. The first-order valence-corrected chi connectivity index (χ1v) is 10.3. The lowest BCUT2D eigenvalue weighted by Gasteiger charge is -2.11. The lowest BCUT2D eigenvalue weighted by atomic mass is 9.95. The molecular formula is C21H26N2O3S. The zero-order valence-corrected chi connectivity index (χ0v) is 16.7. The van der Waals surface area contributed by atoms with E-state index in [4.69, 9.17) is 10.5 Å². The van der Waals surface area contributed by atoms with Gasteiger partial charge in [0.15, 0.2) is 6.61 Å². The van der Waals surface area contributed by atoms with Crippen molar-refractivity contribution in [2.24, 2.45) is 5.73 Å². The number of ether oxygens (including phenoxy) is 1. The van der Waals surface area contributed by atoms with Gasteiger partial charge in [0.1, 0.15) is 10.8 Å². The van der Waals surface area contributed by atoms with Crippen molar-refractivity contribution in [1.29, 1.82) is 0 Å². The van der Waals surface area contributed by atoms with Crippen LogP contribution in [0.4, 0.5) is 5.00 Å². The SMILES string of the molecule is CC[C@@H](C)c1ccc(OCC(=O)Nc2sc3c(c2C(N)=O)CCCC3)cc1. The highest BCUT2D eigenvalue weighted by molar-refractivity contribution is 7.17. The van der Waals surface area contributed by atoms with Gasteiger partial charge in [-0.25, -0.2) is 0 Å². The Kier molecular flexibility index (Phi) is 6.16. The lowest BCUT2D eigenvalue weighted by Crippen LogP contribution is -2.22. The minimum atomic E-state index is -0.480. The molecule has 1 atom stereocenters. The van der Waals surface area contributed by atoms with Crippen molar-refractivity contribution in [2.45, 2.75) is 51.9 Å². The quantitative estimate of drug-likeness (QED) is 0.746. The van der Waals surface area contributed by atoms with Gasteiger partial charge in [0.2, 0.25) is 0 Å². The molecule has 2 aromatic rings. The number of anilines is 1. The Labute approximate surface area is 163 Å². The molecule has 1 aromatic carbocycles. The van der Waals surface area contributed by atoms with Crippen LogP contribution in [0.2, 0.25) is 0 Å². The fourth-order valence-electron chi connectivity index (χ4n) is 3.35. The first kappa shape index (κ1) is 19.4. The molecule has 0 saturated carbocycles. The number of thiophene rings is 1. The Morgan fingerprint density at radius 2 is 1.93 bits per heavy atom. The summed E-state index contributed by atoms with van der Waals surface area (Å²) in [5.41, 5.74) is 8.30. The van der Waals surface area contributed by atoms with Crippen LogP contribution >= 0.6 is 11.3 Å². The van der Waals surface area contributed by atoms with Gasteiger partial charge in [0.05, 0.1) is 5.56 Å². The number of carbonyl (C=O) groups is 2. The normalized spacial score (nSPS) is 14.3. The van der Waals surface area contributed by atoms with Gasteiger partial charge >= 0.3 is 0 Å². The van der Waals surface area contributed by atoms with E-state index in [2.05, 4.69) is 19.2 Å². The van der Waals surface area contributed by atoms with Crippen molar-refractivity contribution in [1.82, 2.24) is 0 Å². The van der Waals surface area contributed by atoms with E-state index in [0.717, 1.165) is 42.5 Å². The van der Waals surface area contributed by atoms with Gasteiger partial charge in [-0.1, -0.05) is 26.0 Å². The number of nitrogens with one attached hydrogen (secondary N) is 1. The van der Waals surface area contributed by atoms with Crippen LogP contribution in [0.1, 0.15) is 65.4 Å². The summed E-state index contributed by atoms with van der Waals surface area (Å²) in [6.07, 6.45) is 5.02. The topological polar surface area (TPSA) is 81.4 Å². The molecule has 1 aliphatic carbocycles. The van der Waals surface area contributed by atoms with Crippen molar-refractivity contribution < 1.29 is 14.3 Å². The second kappa shape index (κ2) is 8.57. The highest BCUT2D eigenvalue weighted by Gasteiger charge is 2.25. The molecule has 0 bridgehead atoms. The Morgan fingerprint density at radius 1 is 1.22 bits per heavy atom. The first-order valence-electron chi connectivity index (χ1n) is 9.46. The third kappa shape index (κ3) is 4.50. The summed E-state index contributed by atoms with van der Waals surface area (Å²) in [4.78, 5) is 25.3. The van der Waals surface area contributed by atoms with Crippen LogP contribution in [0.5, 0.6) is 5.75 Å². The van der Waals surface area contributed by atoms with Crippen molar-refractivity contribution in [3.05, 3.63) is 45.8 Å². The molecule has 27 heavy (non-hydrogen) atoms. The van der Waals surface area contributed by atoms with Crippen LogP contribution in [0, 0.1) is 0 Å². The molecule has 0 fully saturated rings. The average molecular weight is 387 g/mol. The third-order valence-corrected chi connectivity index (χ3v) is 6.31. The largest absolute Gasteiger partial charge is 0.484 e. The summed E-state index contributed by atoms with van der Waals surface area (Å²) in [5, 5.41) is 3.36. The molecule has 144 valence electrons. The van der Waals surface area contributed by atoms with Gasteiger partial charge in [-0.3, -0.25) is 9.59 Å². The van der Waals surface area contributed by atoms with E-state index in [1.165, 1.54) is 16.9 Å². The molecule has 0 saturated heterocycles. The molecule has 0 aliphatic heterocycles. The maximum atomic E-state index is 12.3. The molecule has 0 radical (unpaired) electrons. The van der Waals surface area contributed by atoms with Gasteiger partial charge < -0.3 is 15.8 Å². The van der Waals surface area contributed by atoms with Gasteiger partial charge in [-0.15, -0.1) is 11.3 Å². The lowest BCUT2D eigenvalue weighted by molar-refractivity contribution is -0.118. The van der Waals surface area contributed by atoms with Crippen LogP contribution in [-0.4, -0.2) is 18.4 Å². The first-order chi connectivity index (χ1) is 13.0. The van der Waals surface area contributed by atoms with Gasteiger partial charge in [-0.05, 0) is 61.3 Å². The average Bonchev–Trinajstić information content (AvgIpc) is 3.04. The maximum absolute atomic E-state index is 12.3. The summed E-state index contributed by atoms with van der Waals surface area (Å²) in [6, 6.07) is 7.82. The number of hydrogen-bond donors (Lipinski definition) is 2. The zero-order chi connectivity index (χ0) is 19.4. The number of rotatable bonds is 7. The van der Waals surface area contributed by atoms with Crippen LogP contribution < -0.4 is 15.8 Å². The van der Waals surface area contributed by atoms with E-state index in [0.29, 0.717) is 22.2 Å². The highest BCUT2D eigenvalue weighted by Crippen LogP contribution is 2.37. The summed E-state index contributed by atoms with van der Waals surface area (Å²) < 4.78 is 5.59. The number of hydrogen-bond acceptors (Lipinski definition) is 4. The summed E-state index contributed by atoms with van der Waals surface area (Å²) in [7, 11) is 0. The highest BCUT2D eigenvalue weighted by atomic mass is 32.1. The fourth-order valence-corrected chi connectivity index (χ4v) is 4.67. The van der Waals surface area contributed by atoms with Crippen LogP contribution in [-0.2, 0) is 17.6 Å². The third-order valence-electron chi connectivity index (χ3n) is 5.10. The maximum Gasteiger partial charge on any atom is 0.262 e. The number of amides is 2. The second-order valence-corrected chi connectivity index (χ2v) is 8.10. The van der Waals surface area contributed by atoms with E-state index in [1.54, 1.807) is 0 Å². The van der Waals surface area contributed by atoms with Crippen LogP contribution in [0.15, 0.2) is 24.3 Å². The molecule has 0 unspecified atom stereocenters. The van der Waals surface area contributed by atoms with Crippen molar-refractivity contribution in [3.63, 3.8) is 0 Å². The van der Waals surface area contributed by atoms with E-state index in [-0.39, 0.29) is 12.5 Å². The smallest absolute Gasteiger partial charge is 0.262 e. The minimum absolute atomic E-state index is 0.108. The number of primary amides is 1. The van der Waals surface area contributed by atoms with Gasteiger partial charge in [-0.2, -0.15) is 0 Å². The van der Waals surface area contributed by atoms with Gasteiger partial charge in [0, 0.05) is 4.88 Å². The molecule has 5 nitrogen and oxygen atoms in total. The molecular weight excluding hydrogens is 360 g/mol. The summed E-state index contributed by atoms with van der Waals surface area (Å²) >= 11 is 1.46. The Morgan fingerprint density at radius 3 is 2.59 bits per heavy atom. The predicted octanol–water partition coefficient (Wildman–Crippen LogP) is 4.26. The van der Waals surface area contributed by atoms with E-state index >= 15 is 0 Å². The standard InChI is InChI=1S/C21H26N2O3S/c1-3-13(2)14-8-10-15(11-9-14)26-12-18(24)23-21-19(20(22)25)16-6-4-5-7-17(16)27-21/h8-11,13H,3-7,12H2,1-2H3,(H2,22,25)(H,23,24)/t13-/m1/s1. The van der Waals surface area contributed by atoms with E-state index in [1.807, 2.05) is 24.3 Å². The fraction of sp³-hybridized carbons (Fsp3) is 0.429. The molecule has 6 heteroatoms. The molecule has 2 amide bonds. The Hall–Kier alpha value is -2.34. The summed E-state index contributed by atoms with van der Waals surface area (Å²) in [5.74, 6) is 0.380. The molecule has 0 spiro atoms. The Balaban J connectivity index is 1.63. The van der Waals surface area contributed by atoms with Crippen molar-refractivity contribution in [3.8, 4) is 5.75 Å². The molecule has 1 heterocycles. The number of nitrogens with two attached hydrogens (primary N) is 1. The van der Waals surface area contributed by atoms with Crippen LogP contribution in [0.25, 0.3) is 0 Å². The zero-order valence-electron chi connectivity index (χ0n) is 15.8. The van der Waals surface area contributed by atoms with Crippen LogP contribution in [0.3, 0.4) is 0 Å². The Bertz CT molecular complexity index is 827. The summed E-state index contributed by atoms with van der Waals surface area (Å²) in [6.45, 7) is 4.23. The van der Waals surface area contributed by atoms with Gasteiger partial charge in [0.25, 0.3) is 11.8 Å². The van der Waals surface area contributed by atoms with Crippen molar-refractivity contribution in [2.75, 3.05) is 11.9 Å². The molecule has 1 aromatic heterocycles. The number of fused-ring (bicyclic) bond motifs is 1.